The van der Waals surface area contributed by atoms with E-state index in [0.29, 0.717) is 53.2 Å². The number of carbonyl (C=O) groups is 1. The zero-order chi connectivity index (χ0) is 32.0. The average Bonchev–Trinajstić information content (AvgIpc) is 3.03. The summed E-state index contributed by atoms with van der Waals surface area (Å²) in [5, 5.41) is 15.8. The fraction of sp³-hybridized carbons (Fsp3) is 0.371. The number of urea groups is 1. The van der Waals surface area contributed by atoms with Crippen LogP contribution in [0, 0.1) is 11.3 Å². The van der Waals surface area contributed by atoms with Crippen LogP contribution in [-0.4, -0.2) is 53.9 Å². The average molecular weight is 609 g/mol. The van der Waals surface area contributed by atoms with Crippen LogP contribution < -0.4 is 20.9 Å². The Morgan fingerprint density at radius 2 is 1.89 bits per heavy atom. The van der Waals surface area contributed by atoms with Crippen LogP contribution in [0.5, 0.6) is 5.75 Å². The molecule has 4 aromatic rings. The lowest BCUT2D eigenvalue weighted by atomic mass is 9.85. The summed E-state index contributed by atoms with van der Waals surface area (Å²) in [4.78, 5) is 34.9. The van der Waals surface area contributed by atoms with Gasteiger partial charge in [-0.25, -0.2) is 9.78 Å². The molecule has 234 valence electrons. The lowest BCUT2D eigenvalue weighted by Gasteiger charge is -2.28. The van der Waals surface area contributed by atoms with E-state index in [1.54, 1.807) is 19.4 Å². The maximum Gasteiger partial charge on any atom is 0.323 e. The quantitative estimate of drug-likeness (QED) is 0.219. The van der Waals surface area contributed by atoms with Gasteiger partial charge in [-0.15, -0.1) is 0 Å². The molecule has 10 nitrogen and oxygen atoms in total. The van der Waals surface area contributed by atoms with E-state index in [-0.39, 0.29) is 24.1 Å². The number of carbonyl (C=O) groups excluding carboxylic acids is 1. The standard InChI is InChI=1S/C35H40N6O4/c1-35(2,3)28-13-12-24(23-40-17-19-45-20-18-40)21-29(28)38-34(43)39-31-30(25-9-7-10-26(22-25)44-4)27-11-8-15-37-32(27)41(33(31)42)16-6-5-14-36/h7-13,15,21-22H,5-6,16-20,23H2,1-4H3,(H2,38,39,43). The van der Waals surface area contributed by atoms with E-state index < -0.39 is 11.6 Å². The smallest absolute Gasteiger partial charge is 0.323 e. The van der Waals surface area contributed by atoms with Crippen molar-refractivity contribution in [2.24, 2.45) is 0 Å². The van der Waals surface area contributed by atoms with E-state index in [2.05, 4.69) is 59.5 Å². The number of nitrogens with one attached hydrogen (secondary N) is 2. The van der Waals surface area contributed by atoms with Crippen LogP contribution in [0.15, 0.2) is 65.6 Å². The molecule has 3 heterocycles. The highest BCUT2D eigenvalue weighted by Gasteiger charge is 2.24. The monoisotopic (exact) mass is 608 g/mol. The van der Waals surface area contributed by atoms with Crippen LogP contribution in [0.25, 0.3) is 22.2 Å². The minimum absolute atomic E-state index is 0.125. The molecule has 0 spiro atoms. The molecule has 0 radical (unpaired) electrons. The predicted octanol–water partition coefficient (Wildman–Crippen LogP) is 6.15. The zero-order valence-electron chi connectivity index (χ0n) is 26.4. The van der Waals surface area contributed by atoms with E-state index in [4.69, 9.17) is 14.7 Å². The number of nitrogens with zero attached hydrogens (tertiary/aromatic N) is 4. The molecule has 45 heavy (non-hydrogen) atoms. The highest BCUT2D eigenvalue weighted by Crippen LogP contribution is 2.35. The van der Waals surface area contributed by atoms with Gasteiger partial charge in [-0.2, -0.15) is 5.26 Å². The first-order valence-corrected chi connectivity index (χ1v) is 15.2. The Bertz CT molecular complexity index is 1780. The number of hydrogen-bond acceptors (Lipinski definition) is 7. The van der Waals surface area contributed by atoms with E-state index in [1.807, 2.05) is 36.4 Å². The number of amides is 2. The molecule has 0 unspecified atom stereocenters. The second-order valence-corrected chi connectivity index (χ2v) is 12.2. The number of ether oxygens (including phenoxy) is 2. The largest absolute Gasteiger partial charge is 0.497 e. The number of nitriles is 1. The second-order valence-electron chi connectivity index (χ2n) is 12.2. The van der Waals surface area contributed by atoms with Crippen LogP contribution in [0.2, 0.25) is 0 Å². The van der Waals surface area contributed by atoms with Crippen LogP contribution in [-0.2, 0) is 23.2 Å². The summed E-state index contributed by atoms with van der Waals surface area (Å²) in [6.45, 7) is 10.5. The Hall–Kier alpha value is -4.72. The van der Waals surface area contributed by atoms with Crippen molar-refractivity contribution in [1.29, 1.82) is 5.26 Å². The van der Waals surface area contributed by atoms with Crippen molar-refractivity contribution in [3.63, 3.8) is 0 Å². The molecule has 0 atom stereocenters. The number of hydrogen-bond donors (Lipinski definition) is 2. The van der Waals surface area contributed by atoms with Crippen LogP contribution in [0.1, 0.15) is 44.7 Å². The van der Waals surface area contributed by atoms with Crippen molar-refractivity contribution in [3.05, 3.63) is 82.3 Å². The molecule has 0 aliphatic carbocycles. The molecule has 0 saturated carbocycles. The predicted molar refractivity (Wildman–Crippen MR) is 177 cm³/mol. The molecular weight excluding hydrogens is 568 g/mol. The molecule has 2 aromatic heterocycles. The van der Waals surface area contributed by atoms with Gasteiger partial charge >= 0.3 is 6.03 Å². The molecule has 2 aromatic carbocycles. The van der Waals surface area contributed by atoms with Gasteiger partial charge < -0.3 is 20.1 Å². The number of fused-ring (bicyclic) bond motifs is 1. The lowest BCUT2D eigenvalue weighted by molar-refractivity contribution is 0.0342. The van der Waals surface area contributed by atoms with Gasteiger partial charge in [0.1, 0.15) is 17.1 Å². The first-order chi connectivity index (χ1) is 21.7. The summed E-state index contributed by atoms with van der Waals surface area (Å²) >= 11 is 0. The number of pyridine rings is 2. The number of rotatable bonds is 9. The molecule has 2 amide bonds. The Morgan fingerprint density at radius 1 is 1.09 bits per heavy atom. The molecular formula is C35H40N6O4. The Labute approximate surface area is 263 Å². The fourth-order valence-corrected chi connectivity index (χ4v) is 5.73. The summed E-state index contributed by atoms with van der Waals surface area (Å²) in [6.07, 6.45) is 2.39. The van der Waals surface area contributed by atoms with Gasteiger partial charge in [-0.05, 0) is 58.9 Å². The summed E-state index contributed by atoms with van der Waals surface area (Å²) in [7, 11) is 1.58. The van der Waals surface area contributed by atoms with Gasteiger partial charge in [0.2, 0.25) is 0 Å². The van der Waals surface area contributed by atoms with Gasteiger partial charge in [0.15, 0.2) is 0 Å². The number of methoxy groups -OCH3 is 1. The van der Waals surface area contributed by atoms with Crippen molar-refractivity contribution >= 4 is 28.4 Å². The zero-order valence-corrected chi connectivity index (χ0v) is 26.4. The number of morpholine rings is 1. The number of benzene rings is 2. The Morgan fingerprint density at radius 3 is 2.62 bits per heavy atom. The highest BCUT2D eigenvalue weighted by molar-refractivity contribution is 6.07. The Kier molecular flexibility index (Phi) is 9.81. The summed E-state index contributed by atoms with van der Waals surface area (Å²) in [6, 6.07) is 18.9. The number of aryl methyl sites for hydroxylation is 1. The topological polar surface area (TPSA) is 122 Å². The number of anilines is 2. The van der Waals surface area contributed by atoms with Crippen LogP contribution in [0.3, 0.4) is 0 Å². The fourth-order valence-electron chi connectivity index (χ4n) is 5.73. The molecule has 1 aliphatic heterocycles. The van der Waals surface area contributed by atoms with Crippen molar-refractivity contribution in [2.75, 3.05) is 44.0 Å². The summed E-state index contributed by atoms with van der Waals surface area (Å²) in [5.41, 5.74) is 3.96. The van der Waals surface area contributed by atoms with Gasteiger partial charge in [-0.1, -0.05) is 45.0 Å². The van der Waals surface area contributed by atoms with E-state index in [0.717, 1.165) is 30.8 Å². The summed E-state index contributed by atoms with van der Waals surface area (Å²) < 4.78 is 12.5. The third-order valence-electron chi connectivity index (χ3n) is 7.94. The van der Waals surface area contributed by atoms with Crippen molar-refractivity contribution < 1.29 is 14.3 Å². The van der Waals surface area contributed by atoms with Gasteiger partial charge in [-0.3, -0.25) is 14.3 Å². The Balaban J connectivity index is 1.57. The third-order valence-corrected chi connectivity index (χ3v) is 7.94. The summed E-state index contributed by atoms with van der Waals surface area (Å²) in [5.74, 6) is 0.616. The maximum atomic E-state index is 14.2. The first kappa shape index (κ1) is 31.7. The maximum absolute atomic E-state index is 14.2. The number of unbranched alkanes of at least 4 members (excludes halogenated alkanes) is 1. The molecule has 1 fully saturated rings. The lowest BCUT2D eigenvalue weighted by Crippen LogP contribution is -2.35. The second kappa shape index (κ2) is 13.9. The van der Waals surface area contributed by atoms with Crippen molar-refractivity contribution in [2.45, 2.75) is 52.1 Å². The number of aromatic nitrogens is 2. The van der Waals surface area contributed by atoms with Crippen LogP contribution >= 0.6 is 0 Å². The normalized spacial score (nSPS) is 13.8. The first-order valence-electron chi connectivity index (χ1n) is 15.2. The molecule has 10 heteroatoms. The molecule has 0 bridgehead atoms. The van der Waals surface area contributed by atoms with Crippen LogP contribution in [0.4, 0.5) is 16.2 Å². The molecule has 5 rings (SSSR count). The van der Waals surface area contributed by atoms with E-state index in [9.17, 15) is 9.59 Å². The van der Waals surface area contributed by atoms with E-state index >= 15 is 0 Å². The van der Waals surface area contributed by atoms with Crippen molar-refractivity contribution in [3.8, 4) is 22.9 Å². The van der Waals surface area contributed by atoms with Gasteiger partial charge in [0.05, 0.1) is 26.4 Å². The van der Waals surface area contributed by atoms with E-state index in [1.165, 1.54) is 4.57 Å². The molecule has 1 saturated heterocycles. The minimum Gasteiger partial charge on any atom is -0.497 e. The van der Waals surface area contributed by atoms with Gasteiger partial charge in [0, 0.05) is 55.4 Å². The third kappa shape index (κ3) is 7.33. The molecule has 1 aliphatic rings. The molecule has 2 N–H and O–H groups in total. The minimum atomic E-state index is -0.530. The van der Waals surface area contributed by atoms with Gasteiger partial charge in [0.25, 0.3) is 5.56 Å². The highest BCUT2D eigenvalue weighted by atomic mass is 16.5. The SMILES string of the molecule is COc1cccc(-c2c(NC(=O)Nc3cc(CN4CCOCC4)ccc3C(C)(C)C)c(=O)n(CCCC#N)c3ncccc23)c1. The van der Waals surface area contributed by atoms with Crippen molar-refractivity contribution in [1.82, 2.24) is 14.5 Å².